The van der Waals surface area contributed by atoms with E-state index in [1.54, 1.807) is 6.20 Å². The van der Waals surface area contributed by atoms with Crippen LogP contribution in [0.25, 0.3) is 11.0 Å². The Kier molecular flexibility index (Phi) is 3.42. The molecule has 0 aliphatic rings. The number of aryl methyl sites for hydroxylation is 1. The number of hydrogen-bond acceptors (Lipinski definition) is 2. The first-order valence-corrected chi connectivity index (χ1v) is 7.23. The molecule has 0 aliphatic heterocycles. The van der Waals surface area contributed by atoms with E-state index in [-0.39, 0.29) is 0 Å². The molecule has 3 aromatic rings. The van der Waals surface area contributed by atoms with Gasteiger partial charge in [0.15, 0.2) is 0 Å². The van der Waals surface area contributed by atoms with Crippen molar-refractivity contribution in [3.8, 4) is 0 Å². The zero-order valence-corrected chi connectivity index (χ0v) is 12.7. The van der Waals surface area contributed by atoms with Crippen LogP contribution in [0.1, 0.15) is 11.1 Å². The summed E-state index contributed by atoms with van der Waals surface area (Å²) in [5.74, 6) is 0. The summed E-state index contributed by atoms with van der Waals surface area (Å²) >= 11 is 2.33. The van der Waals surface area contributed by atoms with Crippen LogP contribution in [0.2, 0.25) is 0 Å². The molecule has 2 aromatic heterocycles. The first-order valence-electron chi connectivity index (χ1n) is 6.15. The highest BCUT2D eigenvalue weighted by Crippen LogP contribution is 2.21. The van der Waals surface area contributed by atoms with Crippen molar-refractivity contribution in [2.45, 2.75) is 13.5 Å². The van der Waals surface area contributed by atoms with Gasteiger partial charge in [0.1, 0.15) is 5.65 Å². The summed E-state index contributed by atoms with van der Waals surface area (Å²) in [6.45, 7) is 2.93. The number of anilines is 1. The van der Waals surface area contributed by atoms with Gasteiger partial charge >= 0.3 is 0 Å². The lowest BCUT2D eigenvalue weighted by Crippen LogP contribution is -2.00. The molecule has 0 atom stereocenters. The third kappa shape index (κ3) is 2.58. The zero-order valence-electron chi connectivity index (χ0n) is 10.6. The highest BCUT2D eigenvalue weighted by molar-refractivity contribution is 14.1. The van der Waals surface area contributed by atoms with E-state index in [2.05, 4.69) is 69.1 Å². The van der Waals surface area contributed by atoms with Crippen LogP contribution in [0.15, 0.2) is 42.7 Å². The summed E-state index contributed by atoms with van der Waals surface area (Å²) in [7, 11) is 0. The van der Waals surface area contributed by atoms with Crippen LogP contribution in [-0.2, 0) is 6.54 Å². The number of H-pyrrole nitrogens is 1. The molecule has 0 bridgehead atoms. The van der Waals surface area contributed by atoms with Gasteiger partial charge in [-0.3, -0.25) is 0 Å². The molecule has 96 valence electrons. The number of aromatic amines is 1. The van der Waals surface area contributed by atoms with E-state index in [0.717, 1.165) is 12.2 Å². The predicted octanol–water partition coefficient (Wildman–Crippen LogP) is 4.09. The number of aromatic nitrogens is 2. The van der Waals surface area contributed by atoms with Crippen LogP contribution in [-0.4, -0.2) is 9.97 Å². The Hall–Kier alpha value is -1.56. The van der Waals surface area contributed by atoms with Crippen LogP contribution in [0.4, 0.5) is 5.69 Å². The summed E-state index contributed by atoms with van der Waals surface area (Å²) in [4.78, 5) is 7.50. The second-order valence-corrected chi connectivity index (χ2v) is 5.77. The Morgan fingerprint density at radius 2 is 2.21 bits per heavy atom. The highest BCUT2D eigenvalue weighted by atomic mass is 127. The SMILES string of the molecule is Cc1cc(I)ccc1NCc1c[nH]c2ncccc12. The van der Waals surface area contributed by atoms with Crippen LogP contribution in [0.3, 0.4) is 0 Å². The van der Waals surface area contributed by atoms with Crippen molar-refractivity contribution in [3.05, 3.63) is 57.4 Å². The maximum atomic E-state index is 4.30. The quantitative estimate of drug-likeness (QED) is 0.689. The van der Waals surface area contributed by atoms with Crippen molar-refractivity contribution in [2.75, 3.05) is 5.32 Å². The van der Waals surface area contributed by atoms with Crippen molar-refractivity contribution in [1.29, 1.82) is 0 Å². The highest BCUT2D eigenvalue weighted by Gasteiger charge is 2.04. The van der Waals surface area contributed by atoms with Gasteiger partial charge in [-0.15, -0.1) is 0 Å². The zero-order chi connectivity index (χ0) is 13.2. The Morgan fingerprint density at radius 3 is 3.05 bits per heavy atom. The number of nitrogens with zero attached hydrogens (tertiary/aromatic N) is 1. The first-order chi connectivity index (χ1) is 9.24. The van der Waals surface area contributed by atoms with Gasteiger partial charge in [0.25, 0.3) is 0 Å². The fourth-order valence-electron chi connectivity index (χ4n) is 2.17. The second-order valence-electron chi connectivity index (χ2n) is 4.53. The lowest BCUT2D eigenvalue weighted by atomic mass is 10.2. The molecule has 0 amide bonds. The fourth-order valence-corrected chi connectivity index (χ4v) is 2.82. The predicted molar refractivity (Wildman–Crippen MR) is 87.3 cm³/mol. The maximum absolute atomic E-state index is 4.30. The van der Waals surface area contributed by atoms with Crippen molar-refractivity contribution in [1.82, 2.24) is 9.97 Å². The number of pyridine rings is 1. The molecule has 0 fully saturated rings. The van der Waals surface area contributed by atoms with Crippen molar-refractivity contribution in [3.63, 3.8) is 0 Å². The third-order valence-corrected chi connectivity index (χ3v) is 3.87. The minimum absolute atomic E-state index is 0.799. The number of halogens is 1. The third-order valence-electron chi connectivity index (χ3n) is 3.19. The molecule has 0 saturated carbocycles. The topological polar surface area (TPSA) is 40.7 Å². The summed E-state index contributed by atoms with van der Waals surface area (Å²) in [5.41, 5.74) is 4.63. The number of fused-ring (bicyclic) bond motifs is 1. The molecule has 2 N–H and O–H groups in total. The summed E-state index contributed by atoms with van der Waals surface area (Å²) < 4.78 is 1.26. The Bertz CT molecular complexity index is 718. The van der Waals surface area contributed by atoms with Gasteiger partial charge < -0.3 is 10.3 Å². The maximum Gasteiger partial charge on any atom is 0.137 e. The van der Waals surface area contributed by atoms with Gasteiger partial charge in [-0.1, -0.05) is 0 Å². The van der Waals surface area contributed by atoms with Crippen molar-refractivity contribution < 1.29 is 0 Å². The van der Waals surface area contributed by atoms with E-state index >= 15 is 0 Å². The van der Waals surface area contributed by atoms with Gasteiger partial charge in [-0.25, -0.2) is 4.98 Å². The smallest absolute Gasteiger partial charge is 0.137 e. The fraction of sp³-hybridized carbons (Fsp3) is 0.133. The molecule has 0 unspecified atom stereocenters. The molecule has 2 heterocycles. The minimum Gasteiger partial charge on any atom is -0.381 e. The van der Waals surface area contributed by atoms with E-state index in [1.807, 2.05) is 12.3 Å². The summed E-state index contributed by atoms with van der Waals surface area (Å²) in [5, 5.41) is 4.66. The van der Waals surface area contributed by atoms with Gasteiger partial charge in [0.2, 0.25) is 0 Å². The van der Waals surface area contributed by atoms with E-state index in [0.29, 0.717) is 0 Å². The Labute approximate surface area is 125 Å². The van der Waals surface area contributed by atoms with E-state index in [9.17, 15) is 0 Å². The average Bonchev–Trinajstić information content (AvgIpc) is 2.81. The monoisotopic (exact) mass is 363 g/mol. The summed E-state index contributed by atoms with van der Waals surface area (Å²) in [6.07, 6.45) is 3.83. The molecule has 3 nitrogen and oxygen atoms in total. The number of benzene rings is 1. The standard InChI is InChI=1S/C15H14IN3/c1-10-7-12(16)4-5-14(10)18-8-11-9-19-15-13(11)3-2-6-17-15/h2-7,9,18H,8H2,1H3,(H,17,19). The van der Waals surface area contributed by atoms with Crippen LogP contribution < -0.4 is 5.32 Å². The van der Waals surface area contributed by atoms with Crippen molar-refractivity contribution in [2.24, 2.45) is 0 Å². The average molecular weight is 363 g/mol. The van der Waals surface area contributed by atoms with Crippen molar-refractivity contribution >= 4 is 39.3 Å². The molecule has 0 aliphatic carbocycles. The molecule has 0 saturated heterocycles. The second kappa shape index (κ2) is 5.21. The normalized spacial score (nSPS) is 10.8. The number of rotatable bonds is 3. The van der Waals surface area contributed by atoms with Gasteiger partial charge in [0, 0.05) is 33.6 Å². The molecule has 1 aromatic carbocycles. The molecule has 19 heavy (non-hydrogen) atoms. The molecular formula is C15H14IN3. The Morgan fingerprint density at radius 1 is 1.32 bits per heavy atom. The molecule has 3 rings (SSSR count). The molecular weight excluding hydrogens is 349 g/mol. The number of hydrogen-bond donors (Lipinski definition) is 2. The Balaban J connectivity index is 1.82. The number of nitrogens with one attached hydrogen (secondary N) is 2. The lowest BCUT2D eigenvalue weighted by molar-refractivity contribution is 1.15. The summed E-state index contributed by atoms with van der Waals surface area (Å²) in [6, 6.07) is 10.5. The van der Waals surface area contributed by atoms with Crippen LogP contribution in [0, 0.1) is 10.5 Å². The van der Waals surface area contributed by atoms with E-state index in [4.69, 9.17) is 0 Å². The van der Waals surface area contributed by atoms with Gasteiger partial charge in [-0.05, 0) is 71.0 Å². The largest absolute Gasteiger partial charge is 0.381 e. The first kappa shape index (κ1) is 12.5. The van der Waals surface area contributed by atoms with Gasteiger partial charge in [-0.2, -0.15) is 0 Å². The van der Waals surface area contributed by atoms with E-state index in [1.165, 1.54) is 25.8 Å². The molecule has 4 heteroatoms. The van der Waals surface area contributed by atoms with Crippen LogP contribution in [0.5, 0.6) is 0 Å². The molecule has 0 radical (unpaired) electrons. The molecule has 0 spiro atoms. The van der Waals surface area contributed by atoms with E-state index < -0.39 is 0 Å². The van der Waals surface area contributed by atoms with Gasteiger partial charge in [0.05, 0.1) is 0 Å². The minimum atomic E-state index is 0.799. The lowest BCUT2D eigenvalue weighted by Gasteiger charge is -2.09. The van der Waals surface area contributed by atoms with Crippen LogP contribution >= 0.6 is 22.6 Å².